The summed E-state index contributed by atoms with van der Waals surface area (Å²) in [5.41, 5.74) is 55.6. The van der Waals surface area contributed by atoms with E-state index in [0.29, 0.717) is 103 Å². The molecule has 30 nitrogen and oxygen atoms in total. The molecule has 30 heteroatoms. The van der Waals surface area contributed by atoms with Crippen LogP contribution in [0.15, 0.2) is 56.4 Å². The van der Waals surface area contributed by atoms with E-state index in [1.54, 1.807) is 0 Å². The molecule has 2 aliphatic carbocycles. The molecule has 92 heavy (non-hydrogen) atoms. The normalized spacial score (nSPS) is 15.8. The Bertz CT molecular complexity index is 2860. The van der Waals surface area contributed by atoms with E-state index < -0.39 is 35.4 Å². The van der Waals surface area contributed by atoms with Crippen molar-refractivity contribution in [2.24, 2.45) is 77.3 Å². The van der Waals surface area contributed by atoms with E-state index in [0.717, 1.165) is 51.4 Å². The smallest absolute Gasteiger partial charge is 0.255 e. The number of guanidine groups is 4. The largest absolute Gasteiger partial charge is 0.496 e. The Balaban J connectivity index is 1.19. The Labute approximate surface area is 536 Å². The lowest BCUT2D eigenvalue weighted by molar-refractivity contribution is 0.0883. The van der Waals surface area contributed by atoms with E-state index >= 15 is 0 Å². The van der Waals surface area contributed by atoms with Crippen LogP contribution in [-0.4, -0.2) is 150 Å². The summed E-state index contributed by atoms with van der Waals surface area (Å²) in [4.78, 5) is 97.9. The number of hydrogen-bond acceptors (Lipinski definition) is 16. The van der Waals surface area contributed by atoms with Gasteiger partial charge in [0.25, 0.3) is 35.4 Å². The third-order valence-corrected chi connectivity index (χ3v) is 15.4. The van der Waals surface area contributed by atoms with Gasteiger partial charge in [0.2, 0.25) is 0 Å². The van der Waals surface area contributed by atoms with Crippen molar-refractivity contribution in [1.29, 1.82) is 0 Å². The van der Waals surface area contributed by atoms with Gasteiger partial charge in [0.15, 0.2) is 23.8 Å². The fraction of sp³-hybridized carbons (Fsp3) is 0.548. The minimum Gasteiger partial charge on any atom is -0.496 e. The number of nitrogens with two attached hydrogens (primary N) is 10. The van der Waals surface area contributed by atoms with Crippen molar-refractivity contribution in [3.63, 3.8) is 0 Å². The lowest BCUT2D eigenvalue weighted by Crippen LogP contribution is -2.44. The number of carbonyl (C=O) groups excluding carboxylic acids is 6. The molecule has 0 aliphatic heterocycles. The summed E-state index contributed by atoms with van der Waals surface area (Å²) in [6.07, 6.45) is 12.4. The number of amides is 6. The van der Waals surface area contributed by atoms with Gasteiger partial charge in [0.1, 0.15) is 34.5 Å². The molecule has 0 aromatic heterocycles. The number of benzene rings is 3. The van der Waals surface area contributed by atoms with Crippen LogP contribution in [0, 0.1) is 0 Å². The van der Waals surface area contributed by atoms with E-state index in [1.807, 2.05) is 0 Å². The highest BCUT2D eigenvalue weighted by Gasteiger charge is 2.31. The number of rotatable bonds is 40. The van der Waals surface area contributed by atoms with Gasteiger partial charge in [-0.15, -0.1) is 0 Å². The quantitative estimate of drug-likeness (QED) is 0.0220. The summed E-state index contributed by atoms with van der Waals surface area (Å²) in [5, 5.41) is 12.4. The van der Waals surface area contributed by atoms with Crippen LogP contribution in [0.4, 0.5) is 0 Å². The van der Waals surface area contributed by atoms with Crippen LogP contribution in [0.25, 0.3) is 0 Å². The zero-order chi connectivity index (χ0) is 67.0. The number of nitrogens with one attached hydrogen (secondary N) is 4. The highest BCUT2D eigenvalue weighted by Crippen LogP contribution is 2.34. The molecule has 0 spiro atoms. The number of unbranched alkanes of at least 4 members (excludes halogenated alkanes) is 8. The molecule has 3 aromatic carbocycles. The first-order chi connectivity index (χ1) is 44.2. The lowest BCUT2D eigenvalue weighted by Gasteiger charge is -2.30. The second-order valence-corrected chi connectivity index (χ2v) is 22.5. The second kappa shape index (κ2) is 38.8. The first-order valence-corrected chi connectivity index (χ1v) is 31.4. The lowest BCUT2D eigenvalue weighted by atomic mass is 9.90. The summed E-state index contributed by atoms with van der Waals surface area (Å²) in [6.45, 7) is 2.88. The molecule has 0 saturated heterocycles. The zero-order valence-electron chi connectivity index (χ0n) is 53.0. The van der Waals surface area contributed by atoms with Crippen LogP contribution >= 0.6 is 0 Å². The predicted octanol–water partition coefficient (Wildman–Crippen LogP) is 2.13. The Hall–Kier alpha value is -9.64. The van der Waals surface area contributed by atoms with Crippen LogP contribution in [-0.2, 0) is 0 Å². The topological polar surface area (TPSA) is 516 Å². The SMILES string of the molecule is COc1cc(OC)c(C(=O)NC2CCC(NC(=O)c3cc(C(N)=O)c(OCCCCCN=C(N)N)cc3OCCCCCN=C(N)N)CC2)cc1C(=O)NC1CCC(NC(=O)c2cc(C(N)=O)c(OCCCCCN=C(N)N)cc2OCCCCCN=C(N)N)CC1. The van der Waals surface area contributed by atoms with E-state index in [4.69, 9.17) is 85.8 Å². The summed E-state index contributed by atoms with van der Waals surface area (Å²) in [7, 11) is 2.83. The molecular weight excluding hydrogens is 1190 g/mol. The molecular formula is C62H96N18O12. The van der Waals surface area contributed by atoms with Crippen molar-refractivity contribution in [3.8, 4) is 34.5 Å². The number of carbonyl (C=O) groups is 6. The molecule has 506 valence electrons. The predicted molar refractivity (Wildman–Crippen MR) is 352 cm³/mol. The van der Waals surface area contributed by atoms with Crippen molar-refractivity contribution in [2.45, 2.75) is 153 Å². The van der Waals surface area contributed by atoms with Gasteiger partial charge in [0, 0.05) is 68.5 Å². The van der Waals surface area contributed by atoms with Crippen molar-refractivity contribution in [1.82, 2.24) is 21.3 Å². The van der Waals surface area contributed by atoms with Gasteiger partial charge in [-0.25, -0.2) is 0 Å². The maximum absolute atomic E-state index is 14.1. The average Bonchev–Trinajstić information content (AvgIpc) is 0.843. The summed E-state index contributed by atoms with van der Waals surface area (Å²) >= 11 is 0. The first kappa shape index (κ1) is 73.1. The minimum absolute atomic E-state index is 0.0139. The van der Waals surface area contributed by atoms with Gasteiger partial charge >= 0.3 is 0 Å². The zero-order valence-corrected chi connectivity index (χ0v) is 53.0. The second-order valence-electron chi connectivity index (χ2n) is 22.5. The summed E-state index contributed by atoms with van der Waals surface area (Å²) in [6, 6.07) is 7.57. The van der Waals surface area contributed by atoms with Crippen LogP contribution in [0.1, 0.15) is 191 Å². The molecule has 5 rings (SSSR count). The van der Waals surface area contributed by atoms with Gasteiger partial charge in [-0.2, -0.15) is 0 Å². The average molecular weight is 1290 g/mol. The van der Waals surface area contributed by atoms with Gasteiger partial charge < -0.3 is 107 Å². The Morgan fingerprint density at radius 3 is 0.772 bits per heavy atom. The van der Waals surface area contributed by atoms with Crippen molar-refractivity contribution >= 4 is 59.3 Å². The molecule has 0 heterocycles. The molecule has 0 atom stereocenters. The van der Waals surface area contributed by atoms with Crippen LogP contribution in [0.5, 0.6) is 34.5 Å². The van der Waals surface area contributed by atoms with Gasteiger partial charge in [-0.1, -0.05) is 0 Å². The summed E-state index contributed by atoms with van der Waals surface area (Å²) in [5.74, 6) is -2.24. The van der Waals surface area contributed by atoms with E-state index in [9.17, 15) is 28.8 Å². The Kier molecular flexibility index (Phi) is 30.8. The molecule has 0 bridgehead atoms. The minimum atomic E-state index is -0.785. The van der Waals surface area contributed by atoms with Crippen molar-refractivity contribution in [2.75, 3.05) is 66.8 Å². The molecule has 6 amide bonds. The van der Waals surface area contributed by atoms with Gasteiger partial charge in [0.05, 0.1) is 74.0 Å². The molecule has 24 N–H and O–H groups in total. The summed E-state index contributed by atoms with van der Waals surface area (Å²) < 4.78 is 35.6. The third-order valence-electron chi connectivity index (χ3n) is 15.4. The number of nitrogens with zero attached hydrogens (tertiary/aromatic N) is 4. The molecule has 2 fully saturated rings. The number of methoxy groups -OCH3 is 2. The Morgan fingerprint density at radius 1 is 0.326 bits per heavy atom. The first-order valence-electron chi connectivity index (χ1n) is 31.4. The van der Waals surface area contributed by atoms with E-state index in [1.165, 1.54) is 50.6 Å². The number of hydrogen-bond donors (Lipinski definition) is 14. The molecule has 0 unspecified atom stereocenters. The fourth-order valence-corrected chi connectivity index (χ4v) is 10.5. The highest BCUT2D eigenvalue weighted by atomic mass is 16.5. The maximum atomic E-state index is 14.1. The monoisotopic (exact) mass is 1280 g/mol. The van der Waals surface area contributed by atoms with E-state index in [-0.39, 0.29) is 142 Å². The van der Waals surface area contributed by atoms with Crippen molar-refractivity contribution < 1.29 is 57.2 Å². The standard InChI is InChI=1S/C62H96N18O12/c1-87-47-34-48(88-2)44(56(84)78-38-17-21-40(22-18-38)80-58(86)46-32-42(54(64)82)50(90-28-12-4-8-24-74-60(67)68)36-52(46)92-30-14-6-10-26-76-62(71)72)33-43(47)55(83)77-37-15-19-39(20-16-37)79-57(85)45-31-41(53(63)81)49(89-27-11-3-7-23-73-59(65)66)35-51(45)91-29-13-5-9-25-75-61(69)70/h31-40H,3-30H2,1-2H3,(H2,63,81)(H2,64,82)(H,77,83)(H,78,84)(H,79,85)(H,80,86)(H4,65,66,73)(H4,67,68,74)(H4,69,70,75)(H4,71,72,76). The van der Waals surface area contributed by atoms with Gasteiger partial charge in [-0.3, -0.25) is 48.7 Å². The van der Waals surface area contributed by atoms with E-state index in [2.05, 4.69) is 41.2 Å². The fourth-order valence-electron chi connectivity index (χ4n) is 10.5. The van der Waals surface area contributed by atoms with Crippen LogP contribution in [0.3, 0.4) is 0 Å². The highest BCUT2D eigenvalue weighted by molar-refractivity contribution is 6.05. The molecule has 3 aromatic rings. The van der Waals surface area contributed by atoms with Crippen LogP contribution in [0.2, 0.25) is 0 Å². The maximum Gasteiger partial charge on any atom is 0.255 e. The van der Waals surface area contributed by atoms with Gasteiger partial charge in [-0.05, 0) is 147 Å². The van der Waals surface area contributed by atoms with Crippen molar-refractivity contribution in [3.05, 3.63) is 69.8 Å². The third kappa shape index (κ3) is 25.0. The Morgan fingerprint density at radius 2 is 0.543 bits per heavy atom. The number of primary amides is 2. The van der Waals surface area contributed by atoms with Crippen LogP contribution < -0.4 is 107 Å². The molecule has 2 saturated carbocycles. The molecule has 2 aliphatic rings. The molecule has 0 radical (unpaired) electrons. The number of ether oxygens (including phenoxy) is 6. The number of aliphatic imine (C=N–C) groups is 4.